The number of benzene rings is 1. The van der Waals surface area contributed by atoms with Crippen molar-refractivity contribution in [1.82, 2.24) is 4.98 Å². The third kappa shape index (κ3) is 4.36. The molecule has 0 aliphatic carbocycles. The second kappa shape index (κ2) is 6.45. The van der Waals surface area contributed by atoms with E-state index >= 15 is 0 Å². The number of nitrogens with one attached hydrogen (secondary N) is 1. The SMILES string of the molecule is Cc1cc(C)nc(NC(=O)Cc2ccc(C(N)=S)cc2)c1. The van der Waals surface area contributed by atoms with Crippen molar-refractivity contribution in [2.45, 2.75) is 20.3 Å². The molecule has 4 nitrogen and oxygen atoms in total. The molecule has 108 valence electrons. The number of hydrogen-bond donors (Lipinski definition) is 2. The quantitative estimate of drug-likeness (QED) is 0.851. The topological polar surface area (TPSA) is 68.0 Å². The number of hydrogen-bond acceptors (Lipinski definition) is 3. The molecule has 0 aliphatic rings. The minimum atomic E-state index is -0.101. The van der Waals surface area contributed by atoms with Gasteiger partial charge < -0.3 is 11.1 Å². The number of nitrogens with two attached hydrogens (primary N) is 1. The van der Waals surface area contributed by atoms with E-state index in [9.17, 15) is 4.79 Å². The first kappa shape index (κ1) is 15.1. The summed E-state index contributed by atoms with van der Waals surface area (Å²) in [6.07, 6.45) is 0.284. The Kier molecular flexibility index (Phi) is 4.65. The van der Waals surface area contributed by atoms with E-state index in [1.807, 2.05) is 50.2 Å². The Hall–Kier alpha value is -2.27. The van der Waals surface area contributed by atoms with E-state index in [-0.39, 0.29) is 12.3 Å². The summed E-state index contributed by atoms with van der Waals surface area (Å²) in [6.45, 7) is 3.87. The number of aryl methyl sites for hydroxylation is 2. The molecule has 0 fully saturated rings. The number of rotatable bonds is 4. The summed E-state index contributed by atoms with van der Waals surface area (Å²) in [4.78, 5) is 16.7. The van der Waals surface area contributed by atoms with Crippen LogP contribution in [0.25, 0.3) is 0 Å². The van der Waals surface area contributed by atoms with Gasteiger partial charge in [0.05, 0.1) is 6.42 Å². The highest BCUT2D eigenvalue weighted by Crippen LogP contribution is 2.10. The minimum Gasteiger partial charge on any atom is -0.389 e. The van der Waals surface area contributed by atoms with Crippen LogP contribution in [0.5, 0.6) is 0 Å². The Morgan fingerprint density at radius 2 is 1.90 bits per heavy atom. The summed E-state index contributed by atoms with van der Waals surface area (Å²) in [7, 11) is 0. The van der Waals surface area contributed by atoms with E-state index in [0.29, 0.717) is 10.8 Å². The largest absolute Gasteiger partial charge is 0.389 e. The first-order valence-corrected chi connectivity index (χ1v) is 6.99. The molecule has 0 unspecified atom stereocenters. The molecule has 3 N–H and O–H groups in total. The van der Waals surface area contributed by atoms with Crippen LogP contribution in [-0.4, -0.2) is 15.9 Å². The van der Waals surface area contributed by atoms with Crippen LogP contribution >= 0.6 is 12.2 Å². The molecular formula is C16H17N3OS. The fourth-order valence-electron chi connectivity index (χ4n) is 2.06. The van der Waals surface area contributed by atoms with Crippen LogP contribution in [0.1, 0.15) is 22.4 Å². The van der Waals surface area contributed by atoms with Crippen LogP contribution in [0.15, 0.2) is 36.4 Å². The van der Waals surface area contributed by atoms with Crippen molar-refractivity contribution in [3.05, 3.63) is 58.8 Å². The number of nitrogens with zero attached hydrogens (tertiary/aromatic N) is 1. The highest BCUT2D eigenvalue weighted by molar-refractivity contribution is 7.80. The second-order valence-corrected chi connectivity index (χ2v) is 5.40. The maximum absolute atomic E-state index is 12.0. The van der Waals surface area contributed by atoms with E-state index in [2.05, 4.69) is 10.3 Å². The zero-order chi connectivity index (χ0) is 15.4. The summed E-state index contributed by atoms with van der Waals surface area (Å²) in [5.74, 6) is 0.479. The Bertz CT molecular complexity index is 660. The van der Waals surface area contributed by atoms with Crippen LogP contribution in [0.3, 0.4) is 0 Å². The van der Waals surface area contributed by atoms with Gasteiger partial charge in [-0.05, 0) is 37.1 Å². The van der Waals surface area contributed by atoms with Crippen LogP contribution in [0, 0.1) is 13.8 Å². The maximum Gasteiger partial charge on any atom is 0.229 e. The molecule has 0 atom stereocenters. The monoisotopic (exact) mass is 299 g/mol. The average molecular weight is 299 g/mol. The average Bonchev–Trinajstić information content (AvgIpc) is 2.37. The molecule has 0 saturated carbocycles. The van der Waals surface area contributed by atoms with Crippen LogP contribution in [0.4, 0.5) is 5.82 Å². The van der Waals surface area contributed by atoms with Gasteiger partial charge in [0.15, 0.2) is 0 Å². The van der Waals surface area contributed by atoms with E-state index < -0.39 is 0 Å². The Labute approximate surface area is 129 Å². The third-order valence-corrected chi connectivity index (χ3v) is 3.20. The molecule has 0 radical (unpaired) electrons. The lowest BCUT2D eigenvalue weighted by atomic mass is 10.1. The Balaban J connectivity index is 2.02. The van der Waals surface area contributed by atoms with Gasteiger partial charge in [0.25, 0.3) is 0 Å². The Morgan fingerprint density at radius 3 is 2.48 bits per heavy atom. The second-order valence-electron chi connectivity index (χ2n) is 4.96. The van der Waals surface area contributed by atoms with Crippen molar-refractivity contribution in [2.24, 2.45) is 5.73 Å². The molecule has 21 heavy (non-hydrogen) atoms. The van der Waals surface area contributed by atoms with Crippen molar-refractivity contribution in [3.63, 3.8) is 0 Å². The number of carbonyl (C=O) groups excluding carboxylic acids is 1. The van der Waals surface area contributed by atoms with Crippen molar-refractivity contribution in [1.29, 1.82) is 0 Å². The molecule has 2 rings (SSSR count). The molecule has 0 bridgehead atoms. The lowest BCUT2D eigenvalue weighted by Crippen LogP contribution is -2.16. The molecule has 5 heteroatoms. The predicted octanol–water partition coefficient (Wildman–Crippen LogP) is 2.51. The van der Waals surface area contributed by atoms with Crippen molar-refractivity contribution in [2.75, 3.05) is 5.32 Å². The zero-order valence-electron chi connectivity index (χ0n) is 12.0. The molecule has 1 amide bonds. The number of pyridine rings is 1. The number of anilines is 1. The maximum atomic E-state index is 12.0. The third-order valence-electron chi connectivity index (χ3n) is 2.97. The molecule has 0 spiro atoms. The van der Waals surface area contributed by atoms with Gasteiger partial charge in [-0.2, -0.15) is 0 Å². The summed E-state index contributed by atoms with van der Waals surface area (Å²) in [5.41, 5.74) is 9.18. The molecule has 0 saturated heterocycles. The van der Waals surface area contributed by atoms with Crippen molar-refractivity contribution in [3.8, 4) is 0 Å². The number of thiocarbonyl (C=S) groups is 1. The van der Waals surface area contributed by atoms with Crippen molar-refractivity contribution >= 4 is 28.9 Å². The predicted molar refractivity (Wildman–Crippen MR) is 88.4 cm³/mol. The summed E-state index contributed by atoms with van der Waals surface area (Å²) in [6, 6.07) is 11.1. The van der Waals surface area contributed by atoms with E-state index in [1.165, 1.54) is 0 Å². The number of carbonyl (C=O) groups is 1. The van der Waals surface area contributed by atoms with Crippen LogP contribution in [-0.2, 0) is 11.2 Å². The van der Waals surface area contributed by atoms with Gasteiger partial charge in [0, 0.05) is 11.3 Å². The molecule has 1 aromatic carbocycles. The van der Waals surface area contributed by atoms with Gasteiger partial charge in [0.1, 0.15) is 10.8 Å². The smallest absolute Gasteiger partial charge is 0.229 e. The van der Waals surface area contributed by atoms with Gasteiger partial charge in [-0.15, -0.1) is 0 Å². The fourth-order valence-corrected chi connectivity index (χ4v) is 2.20. The fraction of sp³-hybridized carbons (Fsp3) is 0.188. The lowest BCUT2D eigenvalue weighted by molar-refractivity contribution is -0.115. The standard InChI is InChI=1S/C16H17N3OS/c1-10-7-11(2)18-14(8-10)19-15(20)9-12-3-5-13(6-4-12)16(17)21/h3-8H,9H2,1-2H3,(H2,17,21)(H,18,19,20). The first-order chi connectivity index (χ1) is 9.94. The van der Waals surface area contributed by atoms with E-state index in [1.54, 1.807) is 0 Å². The Morgan fingerprint density at radius 1 is 1.24 bits per heavy atom. The highest BCUT2D eigenvalue weighted by atomic mass is 32.1. The van der Waals surface area contributed by atoms with Gasteiger partial charge in [-0.1, -0.05) is 36.5 Å². The van der Waals surface area contributed by atoms with Gasteiger partial charge in [-0.3, -0.25) is 4.79 Å². The lowest BCUT2D eigenvalue weighted by Gasteiger charge is -2.07. The molecule has 1 aromatic heterocycles. The molecule has 2 aromatic rings. The summed E-state index contributed by atoms with van der Waals surface area (Å²) >= 11 is 4.89. The van der Waals surface area contributed by atoms with Gasteiger partial charge in [-0.25, -0.2) is 4.98 Å². The normalized spacial score (nSPS) is 10.2. The van der Waals surface area contributed by atoms with Gasteiger partial charge in [0.2, 0.25) is 5.91 Å². The van der Waals surface area contributed by atoms with E-state index in [4.69, 9.17) is 18.0 Å². The molecular weight excluding hydrogens is 282 g/mol. The summed E-state index contributed by atoms with van der Waals surface area (Å²) < 4.78 is 0. The van der Waals surface area contributed by atoms with Crippen LogP contribution < -0.4 is 11.1 Å². The molecule has 0 aliphatic heterocycles. The first-order valence-electron chi connectivity index (χ1n) is 6.58. The number of amides is 1. The highest BCUT2D eigenvalue weighted by Gasteiger charge is 2.06. The molecule has 1 heterocycles. The van der Waals surface area contributed by atoms with Crippen LogP contribution in [0.2, 0.25) is 0 Å². The van der Waals surface area contributed by atoms with Crippen molar-refractivity contribution < 1.29 is 4.79 Å². The summed E-state index contributed by atoms with van der Waals surface area (Å²) in [5, 5.41) is 2.81. The zero-order valence-corrected chi connectivity index (χ0v) is 12.8. The van der Waals surface area contributed by atoms with Gasteiger partial charge >= 0.3 is 0 Å². The minimum absolute atomic E-state index is 0.101. The number of aromatic nitrogens is 1. The van der Waals surface area contributed by atoms with E-state index in [0.717, 1.165) is 22.4 Å².